The van der Waals surface area contributed by atoms with Crippen LogP contribution in [0.25, 0.3) is 11.4 Å². The minimum absolute atomic E-state index is 0.432. The van der Waals surface area contributed by atoms with Gasteiger partial charge in [0.25, 0.3) is 0 Å². The molecule has 0 aliphatic carbocycles. The molecule has 0 aliphatic rings. The molecule has 2 aromatic carbocycles. The zero-order chi connectivity index (χ0) is 12.9. The van der Waals surface area contributed by atoms with E-state index < -0.39 is 9.52 Å². The second kappa shape index (κ2) is 5.54. The summed E-state index contributed by atoms with van der Waals surface area (Å²) in [6.45, 7) is 0. The second-order valence-corrected chi connectivity index (χ2v) is 6.31. The number of hydrogen-bond acceptors (Lipinski definition) is 3. The van der Waals surface area contributed by atoms with Gasteiger partial charge in [-0.1, -0.05) is 65.0 Å². The highest BCUT2D eigenvalue weighted by Gasteiger charge is 2.02. The van der Waals surface area contributed by atoms with Gasteiger partial charge in [0.15, 0.2) is 5.82 Å². The number of hydrogen-bond donors (Lipinski definition) is 0. The lowest BCUT2D eigenvalue weighted by atomic mass is 10.2. The molecule has 0 atom stereocenters. The van der Waals surface area contributed by atoms with Gasteiger partial charge < -0.3 is 0 Å². The fourth-order valence-electron chi connectivity index (χ4n) is 2.04. The third kappa shape index (κ3) is 2.92. The fraction of sp³-hybridized carbons (Fsp3) is 0. The van der Waals surface area contributed by atoms with Crippen molar-refractivity contribution in [1.29, 1.82) is 0 Å². The topological polar surface area (TPSA) is 38.7 Å². The van der Waals surface area contributed by atoms with Gasteiger partial charge in [0.05, 0.1) is 9.52 Å². The lowest BCUT2D eigenvalue weighted by molar-refractivity contribution is 1.06. The van der Waals surface area contributed by atoms with Gasteiger partial charge in [-0.05, 0) is 0 Å². The summed E-state index contributed by atoms with van der Waals surface area (Å²) in [4.78, 5) is 12.2. The molecule has 19 heavy (non-hydrogen) atoms. The van der Waals surface area contributed by atoms with E-state index in [4.69, 9.17) is 0 Å². The van der Waals surface area contributed by atoms with Crippen molar-refractivity contribution in [3.05, 3.63) is 67.3 Å². The highest BCUT2D eigenvalue weighted by molar-refractivity contribution is 6.67. The number of aromatic nitrogens is 3. The predicted molar refractivity (Wildman–Crippen MR) is 79.5 cm³/mol. The van der Waals surface area contributed by atoms with Gasteiger partial charge in [0.1, 0.15) is 12.7 Å². The Morgan fingerprint density at radius 3 is 2.26 bits per heavy atom. The molecule has 4 heteroatoms. The Hall–Kier alpha value is -2.33. The van der Waals surface area contributed by atoms with E-state index in [-0.39, 0.29) is 0 Å². The van der Waals surface area contributed by atoms with E-state index in [1.807, 2.05) is 6.07 Å². The van der Waals surface area contributed by atoms with Crippen LogP contribution in [0.2, 0.25) is 0 Å². The Morgan fingerprint density at radius 2 is 1.47 bits per heavy atom. The van der Waals surface area contributed by atoms with Gasteiger partial charge >= 0.3 is 0 Å². The summed E-state index contributed by atoms with van der Waals surface area (Å²) in [7, 11) is -0.432. The zero-order valence-electron chi connectivity index (χ0n) is 10.4. The predicted octanol–water partition coefficient (Wildman–Crippen LogP) is 0.658. The highest BCUT2D eigenvalue weighted by Crippen LogP contribution is 2.10. The first-order valence-corrected chi connectivity index (χ1v) is 7.58. The first-order chi connectivity index (χ1) is 9.42. The van der Waals surface area contributed by atoms with Crippen LogP contribution in [-0.2, 0) is 0 Å². The summed E-state index contributed by atoms with van der Waals surface area (Å²) in [6, 6.07) is 19.1. The van der Waals surface area contributed by atoms with Crippen LogP contribution in [0.5, 0.6) is 0 Å². The van der Waals surface area contributed by atoms with E-state index in [1.54, 1.807) is 0 Å². The third-order valence-corrected chi connectivity index (χ3v) is 4.66. The molecular formula is C15H13N3Si. The smallest absolute Gasteiger partial charge is 0.162 e. The van der Waals surface area contributed by atoms with Crippen LogP contribution in [-0.4, -0.2) is 24.5 Å². The molecule has 0 radical (unpaired) electrons. The molecule has 0 spiro atoms. The Labute approximate surface area is 114 Å². The fourth-order valence-corrected chi connectivity index (χ4v) is 3.60. The molecule has 3 rings (SSSR count). The van der Waals surface area contributed by atoms with Gasteiger partial charge in [0, 0.05) is 5.56 Å². The summed E-state index contributed by atoms with van der Waals surface area (Å²) < 4.78 is 0. The lowest BCUT2D eigenvalue weighted by Crippen LogP contribution is -2.26. The molecule has 0 bridgehead atoms. The molecule has 1 heterocycles. The SMILES string of the molecule is c1ccc([SiH2]c2cccc(-c3ncncn3)c2)cc1. The van der Waals surface area contributed by atoms with Crippen LogP contribution in [0.15, 0.2) is 67.3 Å². The van der Waals surface area contributed by atoms with Crippen LogP contribution < -0.4 is 10.4 Å². The van der Waals surface area contributed by atoms with E-state index in [9.17, 15) is 0 Å². The molecule has 92 valence electrons. The zero-order valence-corrected chi connectivity index (χ0v) is 11.8. The summed E-state index contributed by atoms with van der Waals surface area (Å²) >= 11 is 0. The minimum atomic E-state index is -0.432. The van der Waals surface area contributed by atoms with Crippen LogP contribution in [0.1, 0.15) is 0 Å². The van der Waals surface area contributed by atoms with Crippen LogP contribution in [0, 0.1) is 0 Å². The van der Waals surface area contributed by atoms with Crippen molar-refractivity contribution in [3.63, 3.8) is 0 Å². The average Bonchev–Trinajstić information content (AvgIpc) is 2.49. The molecule has 3 aromatic rings. The molecule has 0 aliphatic heterocycles. The largest absolute Gasteiger partial charge is 0.225 e. The minimum Gasteiger partial charge on any atom is -0.225 e. The van der Waals surface area contributed by atoms with Crippen molar-refractivity contribution in [2.75, 3.05) is 0 Å². The van der Waals surface area contributed by atoms with Gasteiger partial charge in [0.2, 0.25) is 0 Å². The summed E-state index contributed by atoms with van der Waals surface area (Å²) in [5.74, 6) is 0.735. The Balaban J connectivity index is 1.89. The highest BCUT2D eigenvalue weighted by atomic mass is 28.2. The molecule has 0 saturated heterocycles. The second-order valence-electron chi connectivity index (χ2n) is 4.32. The average molecular weight is 263 g/mol. The van der Waals surface area contributed by atoms with Gasteiger partial charge in [-0.2, -0.15) is 0 Å². The maximum Gasteiger partial charge on any atom is 0.162 e. The molecule has 0 amide bonds. The molecule has 1 aromatic heterocycles. The standard InChI is InChI=1S/C15H13N3Si/c1-2-6-13(7-3-1)19-14-8-4-5-12(9-14)15-17-10-16-11-18-15/h1-11H,19H2. The maximum absolute atomic E-state index is 4.19. The molecule has 0 saturated carbocycles. The van der Waals surface area contributed by atoms with Gasteiger partial charge in [-0.25, -0.2) is 15.0 Å². The lowest BCUT2D eigenvalue weighted by Gasteiger charge is -2.04. The number of benzene rings is 2. The van der Waals surface area contributed by atoms with Gasteiger partial charge in [-0.3, -0.25) is 0 Å². The van der Waals surface area contributed by atoms with E-state index in [0.717, 1.165) is 11.4 Å². The van der Waals surface area contributed by atoms with Crippen LogP contribution in [0.3, 0.4) is 0 Å². The van der Waals surface area contributed by atoms with Gasteiger partial charge in [-0.15, -0.1) is 0 Å². The normalized spacial score (nSPS) is 10.9. The first-order valence-electron chi connectivity index (χ1n) is 6.17. The molecule has 3 nitrogen and oxygen atoms in total. The molecule has 0 fully saturated rings. The Bertz CT molecular complexity index is 657. The monoisotopic (exact) mass is 263 g/mol. The number of nitrogens with zero attached hydrogens (tertiary/aromatic N) is 3. The summed E-state index contributed by atoms with van der Waals surface area (Å²) in [5.41, 5.74) is 1.06. The van der Waals surface area contributed by atoms with Crippen molar-refractivity contribution in [3.8, 4) is 11.4 Å². The van der Waals surface area contributed by atoms with E-state index in [2.05, 4.69) is 63.5 Å². The van der Waals surface area contributed by atoms with Crippen molar-refractivity contribution < 1.29 is 0 Å². The molecule has 0 unspecified atom stereocenters. The maximum atomic E-state index is 4.19. The van der Waals surface area contributed by atoms with Crippen molar-refractivity contribution in [1.82, 2.24) is 15.0 Å². The Kier molecular flexibility index (Phi) is 3.42. The third-order valence-electron chi connectivity index (χ3n) is 2.93. The van der Waals surface area contributed by atoms with E-state index in [0.29, 0.717) is 0 Å². The van der Waals surface area contributed by atoms with E-state index in [1.165, 1.54) is 23.0 Å². The van der Waals surface area contributed by atoms with Crippen molar-refractivity contribution >= 4 is 19.9 Å². The summed E-state index contributed by atoms with van der Waals surface area (Å²) in [5, 5.41) is 2.83. The molecule has 0 N–H and O–H groups in total. The first kappa shape index (κ1) is 11.7. The van der Waals surface area contributed by atoms with Crippen molar-refractivity contribution in [2.24, 2.45) is 0 Å². The van der Waals surface area contributed by atoms with Crippen LogP contribution >= 0.6 is 0 Å². The van der Waals surface area contributed by atoms with E-state index >= 15 is 0 Å². The van der Waals surface area contributed by atoms with Crippen molar-refractivity contribution in [2.45, 2.75) is 0 Å². The van der Waals surface area contributed by atoms with Crippen LogP contribution in [0.4, 0.5) is 0 Å². The molecular weight excluding hydrogens is 250 g/mol. The number of rotatable bonds is 3. The Morgan fingerprint density at radius 1 is 0.737 bits per heavy atom. The summed E-state index contributed by atoms with van der Waals surface area (Å²) in [6.07, 6.45) is 3.06. The quantitative estimate of drug-likeness (QED) is 0.652.